The van der Waals surface area contributed by atoms with Crippen molar-refractivity contribution in [2.24, 2.45) is 28.1 Å². The molecule has 0 aromatic rings. The lowest BCUT2D eigenvalue weighted by Gasteiger charge is -2.64. The van der Waals surface area contributed by atoms with Crippen molar-refractivity contribution in [3.63, 3.8) is 0 Å². The number of ether oxygens (including phenoxy) is 6. The Kier molecular flexibility index (Phi) is 21.5. The molecule has 1 saturated heterocycles. The molecule has 5 aliphatic rings. The highest BCUT2D eigenvalue weighted by Gasteiger charge is 2.69. The number of esters is 1. The SMILES string of the molecule is C=C1CC23CCC4C(C)(C(=O)OC5OC(CO)C(O)C(OC(O)/C(O)=C(/O)C(O)CCO)C5OC(O)/C(O)=C(\O)C(C)O)CCCC4(C)C2CCC1(OC(O)/C(OC(O)/C(O)=C(\O)C(O)CCO)=C(/OO)C(O)CCO)C3. The molecule has 77 heavy (non-hydrogen) atoms. The third-order valence-electron chi connectivity index (χ3n) is 16.4. The molecule has 0 radical (unpaired) electrons. The highest BCUT2D eigenvalue weighted by atomic mass is 17.1. The van der Waals surface area contributed by atoms with Crippen molar-refractivity contribution in [2.75, 3.05) is 26.4 Å². The van der Waals surface area contributed by atoms with Gasteiger partial charge in [-0.2, -0.15) is 0 Å². The molecule has 4 saturated carbocycles. The van der Waals surface area contributed by atoms with Gasteiger partial charge in [0.1, 0.15) is 42.7 Å². The van der Waals surface area contributed by atoms with Gasteiger partial charge in [0.05, 0.1) is 17.6 Å². The third-order valence-corrected chi connectivity index (χ3v) is 16.4. The molecule has 20 N–H and O–H groups in total. The van der Waals surface area contributed by atoms with E-state index in [4.69, 9.17) is 33.5 Å². The second kappa shape index (κ2) is 26.0. The van der Waals surface area contributed by atoms with Crippen molar-refractivity contribution < 1.29 is 140 Å². The molecular formula is C49H78O28. The summed E-state index contributed by atoms with van der Waals surface area (Å²) < 4.78 is 34.5. The van der Waals surface area contributed by atoms with E-state index < -0.39 is 206 Å². The van der Waals surface area contributed by atoms with Crippen LogP contribution in [0.5, 0.6) is 0 Å². The summed E-state index contributed by atoms with van der Waals surface area (Å²) in [5.41, 5.74) is -3.45. The number of rotatable bonds is 26. The van der Waals surface area contributed by atoms with Crippen molar-refractivity contribution in [3.8, 4) is 0 Å². The maximum Gasteiger partial charge on any atom is 0.314 e. The van der Waals surface area contributed by atoms with Gasteiger partial charge in [0.15, 0.2) is 34.9 Å². The monoisotopic (exact) mass is 1110 g/mol. The highest BCUT2D eigenvalue weighted by Crippen LogP contribution is 2.73. The second-order valence-corrected chi connectivity index (χ2v) is 21.1. The molecule has 5 rings (SSSR count). The Morgan fingerprint density at radius 2 is 1.21 bits per heavy atom. The molecule has 1 aliphatic heterocycles. The van der Waals surface area contributed by atoms with E-state index in [9.17, 15) is 102 Å². The van der Waals surface area contributed by atoms with Crippen LogP contribution in [-0.2, 0) is 38.1 Å². The summed E-state index contributed by atoms with van der Waals surface area (Å²) >= 11 is 0. The van der Waals surface area contributed by atoms with Gasteiger partial charge >= 0.3 is 5.97 Å². The number of aliphatic hydroxyl groups excluding tert-OH is 19. The first-order valence-electron chi connectivity index (χ1n) is 25.3. The summed E-state index contributed by atoms with van der Waals surface area (Å²) in [5, 5.41) is 207. The zero-order chi connectivity index (χ0) is 57.7. The van der Waals surface area contributed by atoms with E-state index in [2.05, 4.69) is 11.5 Å². The number of aliphatic hydroxyl groups is 19. The normalized spacial score (nSPS) is 35.7. The number of carbonyl (C=O) groups excluding carboxylic acids is 1. The zero-order valence-electron chi connectivity index (χ0n) is 42.9. The molecule has 28 heteroatoms. The Morgan fingerprint density at radius 1 is 0.675 bits per heavy atom. The van der Waals surface area contributed by atoms with Gasteiger partial charge < -0.3 is 130 Å². The van der Waals surface area contributed by atoms with Crippen molar-refractivity contribution >= 4 is 5.97 Å². The van der Waals surface area contributed by atoms with E-state index in [1.54, 1.807) is 6.92 Å². The quantitative estimate of drug-likeness (QED) is 0.0124. The minimum absolute atomic E-state index is 0.171. The molecule has 0 aromatic heterocycles. The Morgan fingerprint density at radius 3 is 1.75 bits per heavy atom. The van der Waals surface area contributed by atoms with Gasteiger partial charge in [-0.1, -0.05) is 19.9 Å². The molecule has 19 atom stereocenters. The Balaban J connectivity index is 1.45. The molecule has 0 amide bonds. The van der Waals surface area contributed by atoms with Crippen LogP contribution in [-0.4, -0.2) is 221 Å². The minimum atomic E-state index is -2.64. The van der Waals surface area contributed by atoms with Gasteiger partial charge in [-0.25, -0.2) is 5.26 Å². The lowest BCUT2D eigenvalue weighted by atomic mass is 9.41. The predicted octanol–water partition coefficient (Wildman–Crippen LogP) is -0.929. The first kappa shape index (κ1) is 63.7. The lowest BCUT2D eigenvalue weighted by molar-refractivity contribution is -0.341. The van der Waals surface area contributed by atoms with Crippen LogP contribution in [0.15, 0.2) is 58.2 Å². The smallest absolute Gasteiger partial charge is 0.314 e. The summed E-state index contributed by atoms with van der Waals surface area (Å²) in [6.07, 6.45) is -26.1. The number of carbonyl (C=O) groups is 1. The topological polar surface area (TPSA) is 486 Å². The van der Waals surface area contributed by atoms with Crippen LogP contribution in [0.4, 0.5) is 0 Å². The van der Waals surface area contributed by atoms with Crippen LogP contribution in [0.1, 0.15) is 97.8 Å². The minimum Gasteiger partial charge on any atom is -0.506 e. The molecule has 19 unspecified atom stereocenters. The van der Waals surface area contributed by atoms with Crippen LogP contribution in [0.25, 0.3) is 0 Å². The molecule has 442 valence electrons. The fourth-order valence-electron chi connectivity index (χ4n) is 12.5. The van der Waals surface area contributed by atoms with Crippen LogP contribution in [0, 0.1) is 28.1 Å². The van der Waals surface area contributed by atoms with E-state index in [0.29, 0.717) is 44.1 Å². The van der Waals surface area contributed by atoms with Gasteiger partial charge in [0.25, 0.3) is 6.29 Å². The van der Waals surface area contributed by atoms with Crippen LogP contribution in [0.2, 0.25) is 0 Å². The van der Waals surface area contributed by atoms with E-state index in [1.807, 2.05) is 6.92 Å². The summed E-state index contributed by atoms with van der Waals surface area (Å²) in [6, 6.07) is 0. The van der Waals surface area contributed by atoms with Crippen molar-refractivity contribution in [3.05, 3.63) is 58.2 Å². The maximum atomic E-state index is 15.0. The van der Waals surface area contributed by atoms with Gasteiger partial charge in [-0.05, 0) is 93.5 Å². The molecule has 5 fully saturated rings. The van der Waals surface area contributed by atoms with Crippen molar-refractivity contribution in [1.82, 2.24) is 0 Å². The van der Waals surface area contributed by atoms with Crippen molar-refractivity contribution in [1.29, 1.82) is 0 Å². The maximum absolute atomic E-state index is 15.0. The fourth-order valence-corrected chi connectivity index (χ4v) is 12.5. The standard InChI is InChI=1S/C49H78O28/c1-21-18-48-13-6-27-46(3,28(48)7-14-49(21,20-48)76-43(68)38(36(77-70)25(57)10-17-52)73-42(67)35(64)31(60)24(56)9-16-51)11-5-12-47(27,4)45(69)75-44-39(74-40(65)33(62)29(58)22(2)54)37(32(61)26(19-53)71-44)72-41(66)34(63)30(59)23(55)8-15-50/h22-28,32,37,39-44,50-68,70H,1,5-20H2,2-4H3/b33-29+,34-30-,35-31+,38-36-. The Labute approximate surface area is 442 Å². The molecule has 2 bridgehead atoms. The first-order chi connectivity index (χ1) is 36.1. The predicted molar refractivity (Wildman–Crippen MR) is 255 cm³/mol. The van der Waals surface area contributed by atoms with Crippen LogP contribution in [0.3, 0.4) is 0 Å². The summed E-state index contributed by atoms with van der Waals surface area (Å²) in [5.74, 6) is -11.3. The average molecular weight is 1120 g/mol. The van der Waals surface area contributed by atoms with Crippen LogP contribution < -0.4 is 0 Å². The Bertz CT molecular complexity index is 2160. The van der Waals surface area contributed by atoms with E-state index >= 15 is 0 Å². The molecule has 28 nitrogen and oxygen atoms in total. The number of hydrogen-bond donors (Lipinski definition) is 20. The van der Waals surface area contributed by atoms with Gasteiger partial charge in [-0.3, -0.25) is 4.79 Å². The van der Waals surface area contributed by atoms with Crippen LogP contribution >= 0.6 is 0 Å². The largest absolute Gasteiger partial charge is 0.506 e. The van der Waals surface area contributed by atoms with E-state index in [1.165, 1.54) is 0 Å². The molecule has 1 heterocycles. The summed E-state index contributed by atoms with van der Waals surface area (Å²) in [4.78, 5) is 19.3. The fraction of sp³-hybridized carbons (Fsp3) is 0.776. The number of fused-ring (bicyclic) bond motifs is 3. The molecule has 0 aromatic carbocycles. The zero-order valence-corrected chi connectivity index (χ0v) is 42.9. The van der Waals surface area contributed by atoms with Gasteiger partial charge in [0, 0.05) is 39.1 Å². The second-order valence-electron chi connectivity index (χ2n) is 21.1. The summed E-state index contributed by atoms with van der Waals surface area (Å²) in [7, 11) is 0. The van der Waals surface area contributed by atoms with Gasteiger partial charge in [0.2, 0.25) is 42.4 Å². The lowest BCUT2D eigenvalue weighted by Crippen LogP contribution is -2.64. The number of hydrogen-bond acceptors (Lipinski definition) is 28. The third kappa shape index (κ3) is 12.9. The highest BCUT2D eigenvalue weighted by molar-refractivity contribution is 5.77. The van der Waals surface area contributed by atoms with E-state index in [-0.39, 0.29) is 25.2 Å². The Hall–Kier alpha value is -4.15. The molecular weight excluding hydrogens is 1040 g/mol. The van der Waals surface area contributed by atoms with Gasteiger partial charge in [-0.15, -0.1) is 0 Å². The molecule has 4 aliphatic carbocycles. The summed E-state index contributed by atoms with van der Waals surface area (Å²) in [6.45, 7) is 6.05. The van der Waals surface area contributed by atoms with E-state index in [0.717, 1.165) is 6.92 Å². The van der Waals surface area contributed by atoms with Crippen molar-refractivity contribution in [2.45, 2.75) is 184 Å². The average Bonchev–Trinajstić information content (AvgIpc) is 3.58. The molecule has 1 spiro atoms. The first-order valence-corrected chi connectivity index (χ1v) is 25.3.